The Hall–Kier alpha value is -2.72. The highest BCUT2D eigenvalue weighted by molar-refractivity contribution is 5.94. The van der Waals surface area contributed by atoms with Crippen molar-refractivity contribution in [2.24, 2.45) is 0 Å². The minimum atomic E-state index is 0. The molecule has 0 saturated carbocycles. The Kier molecular flexibility index (Phi) is 3.16. The zero-order chi connectivity index (χ0) is 13.5. The molecule has 4 heteroatoms. The Balaban J connectivity index is 0.00000132. The number of nitrogens with zero attached hydrogens (tertiary/aromatic N) is 2. The monoisotopic (exact) mass is 277 g/mol. The summed E-state index contributed by atoms with van der Waals surface area (Å²) >= 11 is 0. The summed E-state index contributed by atoms with van der Waals surface area (Å²) in [5, 5.41) is 1.12. The Morgan fingerprint density at radius 1 is 0.857 bits per heavy atom. The molecule has 0 aliphatic heterocycles. The number of nitrogens with one attached hydrogen (secondary N) is 1. The zero-order valence-corrected chi connectivity index (χ0v) is 11.6. The lowest BCUT2D eigenvalue weighted by Gasteiger charge is -2.05. The highest BCUT2D eigenvalue weighted by Gasteiger charge is 2.10. The fraction of sp³-hybridized carbons (Fsp3) is 0.0588. The van der Waals surface area contributed by atoms with Crippen LogP contribution in [0, 0.1) is 6.92 Å². The SMILES string of the molecule is Cc1cc(-c2nc3ccccc3[nH]2)c2ccccc2n1.O. The van der Waals surface area contributed by atoms with Gasteiger partial charge in [-0.05, 0) is 31.2 Å². The average molecular weight is 277 g/mol. The van der Waals surface area contributed by atoms with Gasteiger partial charge in [-0.2, -0.15) is 0 Å². The molecule has 0 spiro atoms. The van der Waals surface area contributed by atoms with E-state index >= 15 is 0 Å². The molecule has 0 saturated heterocycles. The fourth-order valence-corrected chi connectivity index (χ4v) is 2.58. The quantitative estimate of drug-likeness (QED) is 0.580. The number of imidazole rings is 1. The number of aromatic nitrogens is 3. The number of fused-ring (bicyclic) bond motifs is 2. The average Bonchev–Trinajstić information content (AvgIpc) is 2.90. The van der Waals surface area contributed by atoms with Crippen molar-refractivity contribution in [1.29, 1.82) is 0 Å². The molecule has 104 valence electrons. The van der Waals surface area contributed by atoms with Gasteiger partial charge >= 0.3 is 0 Å². The van der Waals surface area contributed by atoms with Gasteiger partial charge in [0.1, 0.15) is 5.82 Å². The molecule has 2 heterocycles. The van der Waals surface area contributed by atoms with E-state index in [1.54, 1.807) is 0 Å². The van der Waals surface area contributed by atoms with Crippen LogP contribution in [-0.2, 0) is 0 Å². The van der Waals surface area contributed by atoms with Crippen molar-refractivity contribution in [2.45, 2.75) is 6.92 Å². The van der Waals surface area contributed by atoms with E-state index in [0.717, 1.165) is 39.0 Å². The molecular weight excluding hydrogens is 262 g/mol. The first-order valence-corrected chi connectivity index (χ1v) is 6.63. The van der Waals surface area contributed by atoms with Gasteiger partial charge in [0.25, 0.3) is 0 Å². The molecular formula is C17H15N3O. The van der Waals surface area contributed by atoms with Crippen molar-refractivity contribution in [3.63, 3.8) is 0 Å². The number of H-pyrrole nitrogens is 1. The third-order valence-corrected chi connectivity index (χ3v) is 3.49. The van der Waals surface area contributed by atoms with E-state index < -0.39 is 0 Å². The molecule has 4 nitrogen and oxygen atoms in total. The van der Waals surface area contributed by atoms with E-state index in [-0.39, 0.29) is 5.48 Å². The molecule has 0 amide bonds. The summed E-state index contributed by atoms with van der Waals surface area (Å²) in [5.41, 5.74) is 5.15. The number of rotatable bonds is 1. The van der Waals surface area contributed by atoms with Gasteiger partial charge in [0.2, 0.25) is 0 Å². The summed E-state index contributed by atoms with van der Waals surface area (Å²) in [5.74, 6) is 0.896. The second-order valence-electron chi connectivity index (χ2n) is 4.93. The lowest BCUT2D eigenvalue weighted by Crippen LogP contribution is -1.89. The molecule has 0 radical (unpaired) electrons. The van der Waals surface area contributed by atoms with Crippen LogP contribution in [0.5, 0.6) is 0 Å². The van der Waals surface area contributed by atoms with Gasteiger partial charge in [0, 0.05) is 16.6 Å². The van der Waals surface area contributed by atoms with E-state index in [2.05, 4.69) is 22.1 Å². The van der Waals surface area contributed by atoms with Gasteiger partial charge in [-0.1, -0.05) is 30.3 Å². The van der Waals surface area contributed by atoms with Crippen LogP contribution >= 0.6 is 0 Å². The summed E-state index contributed by atoms with van der Waals surface area (Å²) in [6, 6.07) is 18.3. The standard InChI is InChI=1S/C17H13N3.H2O/c1-11-10-13(12-6-2-3-7-14(12)18-11)17-19-15-8-4-5-9-16(15)20-17;/h2-10H,1H3,(H,19,20);1H2. The summed E-state index contributed by atoms with van der Waals surface area (Å²) < 4.78 is 0. The van der Waals surface area contributed by atoms with Crippen LogP contribution < -0.4 is 0 Å². The molecule has 0 aliphatic rings. The molecule has 3 N–H and O–H groups in total. The number of aromatic amines is 1. The van der Waals surface area contributed by atoms with Crippen molar-refractivity contribution in [2.75, 3.05) is 0 Å². The van der Waals surface area contributed by atoms with E-state index in [9.17, 15) is 0 Å². The van der Waals surface area contributed by atoms with Crippen LogP contribution in [0.2, 0.25) is 0 Å². The van der Waals surface area contributed by atoms with E-state index in [0.29, 0.717) is 0 Å². The maximum atomic E-state index is 4.69. The van der Waals surface area contributed by atoms with Crippen LogP contribution in [0.3, 0.4) is 0 Å². The summed E-state index contributed by atoms with van der Waals surface area (Å²) in [4.78, 5) is 12.7. The number of hydrogen-bond acceptors (Lipinski definition) is 2. The minimum Gasteiger partial charge on any atom is -0.412 e. The van der Waals surface area contributed by atoms with Crippen molar-refractivity contribution in [3.8, 4) is 11.4 Å². The molecule has 0 aliphatic carbocycles. The maximum Gasteiger partial charge on any atom is 0.139 e. The predicted molar refractivity (Wildman–Crippen MR) is 85.2 cm³/mol. The smallest absolute Gasteiger partial charge is 0.139 e. The van der Waals surface area contributed by atoms with Crippen molar-refractivity contribution < 1.29 is 5.48 Å². The Bertz CT molecular complexity index is 895. The second kappa shape index (κ2) is 5.00. The molecule has 0 bridgehead atoms. The number of aryl methyl sites for hydroxylation is 1. The first-order valence-electron chi connectivity index (χ1n) is 6.63. The van der Waals surface area contributed by atoms with Crippen LogP contribution in [0.15, 0.2) is 54.6 Å². The largest absolute Gasteiger partial charge is 0.412 e. The number of para-hydroxylation sites is 3. The summed E-state index contributed by atoms with van der Waals surface area (Å²) in [6.07, 6.45) is 0. The normalized spacial score (nSPS) is 10.7. The Morgan fingerprint density at radius 2 is 1.57 bits per heavy atom. The van der Waals surface area contributed by atoms with Gasteiger partial charge < -0.3 is 10.5 Å². The Morgan fingerprint density at radius 3 is 2.38 bits per heavy atom. The molecule has 0 unspecified atom stereocenters. The number of pyridine rings is 1. The lowest BCUT2D eigenvalue weighted by molar-refractivity contribution is 0.824. The Labute approximate surface area is 121 Å². The van der Waals surface area contributed by atoms with Gasteiger partial charge in [-0.25, -0.2) is 4.98 Å². The number of benzene rings is 2. The van der Waals surface area contributed by atoms with E-state index in [1.807, 2.05) is 49.4 Å². The third kappa shape index (κ3) is 2.15. The molecule has 0 atom stereocenters. The fourth-order valence-electron chi connectivity index (χ4n) is 2.58. The van der Waals surface area contributed by atoms with Crippen LogP contribution in [0.1, 0.15) is 5.69 Å². The molecule has 4 rings (SSSR count). The topological polar surface area (TPSA) is 73.1 Å². The second-order valence-corrected chi connectivity index (χ2v) is 4.93. The molecule has 4 aromatic rings. The van der Waals surface area contributed by atoms with Gasteiger partial charge in [-0.15, -0.1) is 0 Å². The summed E-state index contributed by atoms with van der Waals surface area (Å²) in [7, 11) is 0. The van der Waals surface area contributed by atoms with Gasteiger partial charge in [0.15, 0.2) is 0 Å². The predicted octanol–water partition coefficient (Wildman–Crippen LogP) is 3.26. The number of hydrogen-bond donors (Lipinski definition) is 1. The van der Waals surface area contributed by atoms with Crippen LogP contribution in [0.4, 0.5) is 0 Å². The van der Waals surface area contributed by atoms with Crippen molar-refractivity contribution >= 4 is 21.9 Å². The van der Waals surface area contributed by atoms with Crippen LogP contribution in [-0.4, -0.2) is 20.4 Å². The third-order valence-electron chi connectivity index (χ3n) is 3.49. The van der Waals surface area contributed by atoms with Gasteiger partial charge in [-0.3, -0.25) is 4.98 Å². The van der Waals surface area contributed by atoms with E-state index in [1.165, 1.54) is 0 Å². The highest BCUT2D eigenvalue weighted by atomic mass is 16.0. The van der Waals surface area contributed by atoms with E-state index in [4.69, 9.17) is 4.98 Å². The summed E-state index contributed by atoms with van der Waals surface area (Å²) in [6.45, 7) is 2.01. The van der Waals surface area contributed by atoms with Crippen molar-refractivity contribution in [3.05, 3.63) is 60.3 Å². The highest BCUT2D eigenvalue weighted by Crippen LogP contribution is 2.28. The molecule has 2 aromatic heterocycles. The molecule has 0 fully saturated rings. The van der Waals surface area contributed by atoms with Gasteiger partial charge in [0.05, 0.1) is 16.6 Å². The zero-order valence-electron chi connectivity index (χ0n) is 11.6. The molecule has 21 heavy (non-hydrogen) atoms. The lowest BCUT2D eigenvalue weighted by atomic mass is 10.1. The van der Waals surface area contributed by atoms with Crippen LogP contribution in [0.25, 0.3) is 33.3 Å². The first-order chi connectivity index (χ1) is 9.81. The van der Waals surface area contributed by atoms with Crippen molar-refractivity contribution in [1.82, 2.24) is 15.0 Å². The first kappa shape index (κ1) is 13.3. The maximum absolute atomic E-state index is 4.69. The molecule has 2 aromatic carbocycles. The minimum absolute atomic E-state index is 0.